The summed E-state index contributed by atoms with van der Waals surface area (Å²) < 4.78 is 2.12. The molecule has 0 saturated heterocycles. The van der Waals surface area contributed by atoms with Crippen molar-refractivity contribution in [2.24, 2.45) is 0 Å². The molecular formula is C27H24BrClN4O3. The topological polar surface area (TPSA) is 92.2 Å². The van der Waals surface area contributed by atoms with Crippen molar-refractivity contribution in [3.63, 3.8) is 0 Å². The second kappa shape index (κ2) is 11.4. The molecule has 4 rings (SSSR count). The predicted molar refractivity (Wildman–Crippen MR) is 147 cm³/mol. The minimum absolute atomic E-state index is 0.152. The fourth-order valence-electron chi connectivity index (χ4n) is 3.68. The molecule has 0 fully saturated rings. The third-order valence-corrected chi connectivity index (χ3v) is 6.29. The molecule has 1 aromatic heterocycles. The van der Waals surface area contributed by atoms with Gasteiger partial charge in [-0.25, -0.2) is 4.68 Å². The molecule has 36 heavy (non-hydrogen) atoms. The highest BCUT2D eigenvalue weighted by molar-refractivity contribution is 9.10. The summed E-state index contributed by atoms with van der Waals surface area (Å²) in [5, 5.41) is 6.63. The van der Waals surface area contributed by atoms with Crippen LogP contribution in [-0.2, 0) is 16.0 Å². The Balaban J connectivity index is 1.54. The molecular weight excluding hydrogens is 544 g/mol. The van der Waals surface area contributed by atoms with Gasteiger partial charge in [0.15, 0.2) is 0 Å². The maximum atomic E-state index is 13.1. The Labute approximate surface area is 221 Å². The normalized spacial score (nSPS) is 10.8. The molecule has 4 aromatic rings. The molecule has 0 bridgehead atoms. The Hall–Kier alpha value is -3.62. The van der Waals surface area contributed by atoms with E-state index in [0.717, 1.165) is 23.7 Å². The van der Waals surface area contributed by atoms with Gasteiger partial charge >= 0.3 is 11.8 Å². The van der Waals surface area contributed by atoms with E-state index in [1.165, 1.54) is 10.2 Å². The van der Waals surface area contributed by atoms with Crippen LogP contribution in [0.25, 0.3) is 10.9 Å². The zero-order chi connectivity index (χ0) is 25.7. The average Bonchev–Trinajstić information content (AvgIpc) is 3.22. The molecule has 0 aliphatic carbocycles. The molecule has 7 nitrogen and oxygen atoms in total. The van der Waals surface area contributed by atoms with Gasteiger partial charge in [-0.15, -0.1) is 0 Å². The molecule has 3 aromatic carbocycles. The van der Waals surface area contributed by atoms with Crippen LogP contribution in [0, 0.1) is 0 Å². The summed E-state index contributed by atoms with van der Waals surface area (Å²) in [5.74, 6) is -2.22. The molecule has 0 radical (unpaired) electrons. The summed E-state index contributed by atoms with van der Waals surface area (Å²) >= 11 is 9.34. The van der Waals surface area contributed by atoms with Crippen molar-refractivity contribution in [2.45, 2.75) is 26.2 Å². The number of nitrogens with zero attached hydrogens (tertiary/aromatic N) is 1. The van der Waals surface area contributed by atoms with Gasteiger partial charge in [-0.05, 0) is 79.1 Å². The van der Waals surface area contributed by atoms with Crippen LogP contribution in [0.5, 0.6) is 0 Å². The highest BCUT2D eigenvalue weighted by atomic mass is 79.9. The SMILES string of the molecule is CCCCc1ccc(NC(=O)C(=O)Nn2c(C(=O)Nc3ccc(Cl)cc3)cc3cc(Br)ccc32)cc1. The number of rotatable bonds is 7. The van der Waals surface area contributed by atoms with Crippen molar-refractivity contribution in [3.05, 3.63) is 93.5 Å². The lowest BCUT2D eigenvalue weighted by atomic mass is 10.1. The van der Waals surface area contributed by atoms with Crippen LogP contribution in [-0.4, -0.2) is 22.4 Å². The van der Waals surface area contributed by atoms with E-state index in [1.54, 1.807) is 54.6 Å². The first-order chi connectivity index (χ1) is 17.3. The Kier molecular flexibility index (Phi) is 8.07. The Morgan fingerprint density at radius 2 is 1.53 bits per heavy atom. The van der Waals surface area contributed by atoms with Gasteiger partial charge in [0, 0.05) is 26.3 Å². The molecule has 1 heterocycles. The van der Waals surface area contributed by atoms with Gasteiger partial charge in [-0.3, -0.25) is 19.8 Å². The molecule has 0 aliphatic heterocycles. The molecule has 9 heteroatoms. The second-order valence-electron chi connectivity index (χ2n) is 8.22. The Morgan fingerprint density at radius 1 is 0.861 bits per heavy atom. The van der Waals surface area contributed by atoms with Crippen LogP contribution in [0.1, 0.15) is 35.8 Å². The lowest BCUT2D eigenvalue weighted by Crippen LogP contribution is -2.36. The van der Waals surface area contributed by atoms with Crippen LogP contribution in [0.4, 0.5) is 11.4 Å². The molecule has 3 amide bonds. The number of hydrogen-bond acceptors (Lipinski definition) is 3. The first-order valence-electron chi connectivity index (χ1n) is 11.4. The maximum absolute atomic E-state index is 13.1. The largest absolute Gasteiger partial charge is 0.328 e. The van der Waals surface area contributed by atoms with Gasteiger partial charge in [-0.2, -0.15) is 0 Å². The van der Waals surface area contributed by atoms with Crippen molar-refractivity contribution >= 4 is 67.5 Å². The summed E-state index contributed by atoms with van der Waals surface area (Å²) in [6.07, 6.45) is 3.15. The minimum atomic E-state index is -0.911. The van der Waals surface area contributed by atoms with Crippen molar-refractivity contribution in [1.29, 1.82) is 0 Å². The number of nitrogens with one attached hydrogen (secondary N) is 3. The molecule has 0 saturated carbocycles. The van der Waals surface area contributed by atoms with E-state index in [9.17, 15) is 14.4 Å². The Morgan fingerprint density at radius 3 is 2.22 bits per heavy atom. The Bertz CT molecular complexity index is 1420. The number of amides is 3. The van der Waals surface area contributed by atoms with E-state index in [4.69, 9.17) is 11.6 Å². The molecule has 0 spiro atoms. The first-order valence-corrected chi connectivity index (χ1v) is 12.6. The van der Waals surface area contributed by atoms with Gasteiger partial charge < -0.3 is 10.6 Å². The van der Waals surface area contributed by atoms with Crippen LogP contribution >= 0.6 is 27.5 Å². The van der Waals surface area contributed by atoms with E-state index >= 15 is 0 Å². The fraction of sp³-hybridized carbons (Fsp3) is 0.148. The first kappa shape index (κ1) is 25.5. The third-order valence-electron chi connectivity index (χ3n) is 5.55. The van der Waals surface area contributed by atoms with Gasteiger partial charge in [0.05, 0.1) is 5.52 Å². The van der Waals surface area contributed by atoms with Crippen LogP contribution in [0.2, 0.25) is 5.02 Å². The van der Waals surface area contributed by atoms with Crippen LogP contribution in [0.3, 0.4) is 0 Å². The van der Waals surface area contributed by atoms with Crippen molar-refractivity contribution in [3.8, 4) is 0 Å². The maximum Gasteiger partial charge on any atom is 0.328 e. The number of carbonyl (C=O) groups excluding carboxylic acids is 3. The molecule has 0 aliphatic rings. The van der Waals surface area contributed by atoms with Gasteiger partial charge in [0.2, 0.25) is 0 Å². The predicted octanol–water partition coefficient (Wildman–Crippen LogP) is 6.36. The van der Waals surface area contributed by atoms with Gasteiger partial charge in [0.25, 0.3) is 5.91 Å². The summed E-state index contributed by atoms with van der Waals surface area (Å²) in [6, 6.07) is 21.0. The lowest BCUT2D eigenvalue weighted by Gasteiger charge is -2.13. The van der Waals surface area contributed by atoms with E-state index in [0.29, 0.717) is 27.3 Å². The van der Waals surface area contributed by atoms with Crippen LogP contribution < -0.4 is 16.1 Å². The third kappa shape index (κ3) is 6.13. The number of aryl methyl sites for hydroxylation is 1. The summed E-state index contributed by atoms with van der Waals surface area (Å²) in [4.78, 5) is 38.5. The number of fused-ring (bicyclic) bond motifs is 1. The van der Waals surface area contributed by atoms with Crippen molar-refractivity contribution in [2.75, 3.05) is 16.1 Å². The highest BCUT2D eigenvalue weighted by Crippen LogP contribution is 2.24. The fourth-order valence-corrected chi connectivity index (χ4v) is 4.18. The van der Waals surface area contributed by atoms with E-state index in [-0.39, 0.29) is 5.69 Å². The number of benzene rings is 3. The zero-order valence-corrected chi connectivity index (χ0v) is 21.8. The number of hydrogen-bond donors (Lipinski definition) is 3. The molecule has 184 valence electrons. The van der Waals surface area contributed by atoms with Crippen LogP contribution in [0.15, 0.2) is 77.3 Å². The number of carbonyl (C=O) groups is 3. The summed E-state index contributed by atoms with van der Waals surface area (Å²) in [5.41, 5.74) is 5.48. The monoisotopic (exact) mass is 566 g/mol. The van der Waals surface area contributed by atoms with E-state index in [2.05, 4.69) is 38.9 Å². The molecule has 3 N–H and O–H groups in total. The van der Waals surface area contributed by atoms with Crippen molar-refractivity contribution < 1.29 is 14.4 Å². The highest BCUT2D eigenvalue weighted by Gasteiger charge is 2.21. The molecule has 0 atom stereocenters. The van der Waals surface area contributed by atoms with Crippen molar-refractivity contribution in [1.82, 2.24) is 4.68 Å². The number of aromatic nitrogens is 1. The van der Waals surface area contributed by atoms with E-state index in [1.807, 2.05) is 18.2 Å². The smallest absolute Gasteiger partial charge is 0.321 e. The number of unbranched alkanes of at least 4 members (excludes halogenated alkanes) is 1. The number of halogens is 2. The number of anilines is 2. The zero-order valence-electron chi connectivity index (χ0n) is 19.5. The van der Waals surface area contributed by atoms with Gasteiger partial charge in [-0.1, -0.05) is 53.0 Å². The summed E-state index contributed by atoms with van der Waals surface area (Å²) in [7, 11) is 0. The molecule has 0 unspecified atom stereocenters. The second-order valence-corrected chi connectivity index (χ2v) is 9.58. The average molecular weight is 568 g/mol. The van der Waals surface area contributed by atoms with E-state index < -0.39 is 17.7 Å². The lowest BCUT2D eigenvalue weighted by molar-refractivity contribution is -0.133. The standard InChI is InChI=1S/C27H24BrClN4O3/c1-2-3-4-17-5-10-21(11-6-17)31-26(35)27(36)32-33-23-14-7-19(28)15-18(23)16-24(33)25(34)30-22-12-8-20(29)9-13-22/h5-16H,2-4H2,1H3,(H,30,34)(H,31,35)(H,32,36). The minimum Gasteiger partial charge on any atom is -0.321 e. The van der Waals surface area contributed by atoms with Gasteiger partial charge in [0.1, 0.15) is 5.69 Å². The summed E-state index contributed by atoms with van der Waals surface area (Å²) in [6.45, 7) is 2.13. The quantitative estimate of drug-likeness (QED) is 0.227.